The van der Waals surface area contributed by atoms with Crippen molar-refractivity contribution < 1.29 is 14.6 Å². The zero-order valence-corrected chi connectivity index (χ0v) is 12.9. The SMILES string of the molecule is COc1ccccc1CN1CCCC(C(C)CC(=O)O)C1. The topological polar surface area (TPSA) is 49.8 Å². The van der Waals surface area contributed by atoms with E-state index in [4.69, 9.17) is 9.84 Å². The molecule has 0 amide bonds. The fourth-order valence-corrected chi connectivity index (χ4v) is 3.22. The van der Waals surface area contributed by atoms with Gasteiger partial charge in [-0.3, -0.25) is 9.69 Å². The number of hydrogen-bond acceptors (Lipinski definition) is 3. The maximum Gasteiger partial charge on any atom is 0.303 e. The van der Waals surface area contributed by atoms with Gasteiger partial charge in [-0.05, 0) is 37.3 Å². The Morgan fingerprint density at radius 2 is 2.24 bits per heavy atom. The second-order valence-corrected chi connectivity index (χ2v) is 6.02. The molecule has 4 heteroatoms. The number of aliphatic carboxylic acids is 1. The van der Waals surface area contributed by atoms with Crippen molar-refractivity contribution in [1.82, 2.24) is 4.90 Å². The van der Waals surface area contributed by atoms with Gasteiger partial charge in [0, 0.05) is 25.1 Å². The van der Waals surface area contributed by atoms with Crippen molar-refractivity contribution in [2.45, 2.75) is 32.7 Å². The smallest absolute Gasteiger partial charge is 0.303 e. The molecule has 1 aromatic carbocycles. The van der Waals surface area contributed by atoms with E-state index in [0.29, 0.717) is 5.92 Å². The normalized spacial score (nSPS) is 21.0. The summed E-state index contributed by atoms with van der Waals surface area (Å²) in [5.41, 5.74) is 1.20. The summed E-state index contributed by atoms with van der Waals surface area (Å²) >= 11 is 0. The molecule has 1 aliphatic rings. The van der Waals surface area contributed by atoms with Crippen LogP contribution in [0, 0.1) is 11.8 Å². The van der Waals surface area contributed by atoms with Crippen LogP contribution >= 0.6 is 0 Å². The quantitative estimate of drug-likeness (QED) is 0.875. The fraction of sp³-hybridized carbons (Fsp3) is 0.588. The van der Waals surface area contributed by atoms with Crippen molar-refractivity contribution in [3.63, 3.8) is 0 Å². The van der Waals surface area contributed by atoms with E-state index in [2.05, 4.69) is 17.9 Å². The third-order valence-electron chi connectivity index (χ3n) is 4.43. The molecule has 0 saturated carbocycles. The molecule has 1 heterocycles. The number of hydrogen-bond donors (Lipinski definition) is 1. The maximum atomic E-state index is 10.9. The number of likely N-dealkylation sites (tertiary alicyclic amines) is 1. The summed E-state index contributed by atoms with van der Waals surface area (Å²) in [5, 5.41) is 8.95. The van der Waals surface area contributed by atoms with E-state index in [0.717, 1.165) is 38.2 Å². The molecule has 1 N–H and O–H groups in total. The summed E-state index contributed by atoms with van der Waals surface area (Å²) in [6.45, 7) is 4.99. The lowest BCUT2D eigenvalue weighted by molar-refractivity contribution is -0.138. The molecule has 0 aromatic heterocycles. The first-order valence-electron chi connectivity index (χ1n) is 7.66. The first-order valence-corrected chi connectivity index (χ1v) is 7.66. The van der Waals surface area contributed by atoms with Crippen LogP contribution in [-0.4, -0.2) is 36.2 Å². The van der Waals surface area contributed by atoms with Crippen LogP contribution in [0.1, 0.15) is 31.7 Å². The summed E-state index contributed by atoms with van der Waals surface area (Å²) in [6.07, 6.45) is 2.55. The molecule has 0 bridgehead atoms. The van der Waals surface area contributed by atoms with Gasteiger partial charge in [0.15, 0.2) is 0 Å². The Balaban J connectivity index is 1.96. The zero-order chi connectivity index (χ0) is 15.2. The molecule has 1 saturated heterocycles. The standard InChI is InChI=1S/C17H25NO3/c1-13(10-17(19)20)14-7-5-9-18(11-14)12-15-6-3-4-8-16(15)21-2/h3-4,6,8,13-14H,5,7,9-12H2,1-2H3,(H,19,20). The average Bonchev–Trinajstić information content (AvgIpc) is 2.47. The highest BCUT2D eigenvalue weighted by atomic mass is 16.5. The number of methoxy groups -OCH3 is 1. The predicted molar refractivity (Wildman–Crippen MR) is 82.4 cm³/mol. The van der Waals surface area contributed by atoms with E-state index in [-0.39, 0.29) is 12.3 Å². The van der Waals surface area contributed by atoms with Crippen LogP contribution < -0.4 is 4.74 Å². The molecule has 2 atom stereocenters. The number of rotatable bonds is 6. The fourth-order valence-electron chi connectivity index (χ4n) is 3.22. The summed E-state index contributed by atoms with van der Waals surface area (Å²) in [6, 6.07) is 8.11. The molecule has 1 fully saturated rings. The van der Waals surface area contributed by atoms with Gasteiger partial charge in [0.2, 0.25) is 0 Å². The number of para-hydroxylation sites is 1. The Bertz CT molecular complexity index is 475. The molecule has 0 radical (unpaired) electrons. The predicted octanol–water partition coefficient (Wildman–Crippen LogP) is 3.02. The van der Waals surface area contributed by atoms with Crippen molar-refractivity contribution in [2.24, 2.45) is 11.8 Å². The van der Waals surface area contributed by atoms with Crippen molar-refractivity contribution in [3.8, 4) is 5.75 Å². The number of carboxylic acid groups (broad SMARTS) is 1. The lowest BCUT2D eigenvalue weighted by Gasteiger charge is -2.35. The molecule has 2 rings (SSSR count). The molecule has 0 spiro atoms. The van der Waals surface area contributed by atoms with Crippen LogP contribution in [0.2, 0.25) is 0 Å². The summed E-state index contributed by atoms with van der Waals surface area (Å²) in [7, 11) is 1.70. The monoisotopic (exact) mass is 291 g/mol. The molecule has 21 heavy (non-hydrogen) atoms. The summed E-state index contributed by atoms with van der Waals surface area (Å²) in [4.78, 5) is 13.3. The van der Waals surface area contributed by atoms with E-state index in [1.165, 1.54) is 5.56 Å². The highest BCUT2D eigenvalue weighted by Gasteiger charge is 2.26. The number of carboxylic acids is 1. The average molecular weight is 291 g/mol. The van der Waals surface area contributed by atoms with Gasteiger partial charge >= 0.3 is 5.97 Å². The van der Waals surface area contributed by atoms with Crippen molar-refractivity contribution in [3.05, 3.63) is 29.8 Å². The Labute approximate surface area is 126 Å². The number of benzene rings is 1. The Morgan fingerprint density at radius 1 is 1.48 bits per heavy atom. The minimum absolute atomic E-state index is 0.239. The van der Waals surface area contributed by atoms with Gasteiger partial charge in [0.25, 0.3) is 0 Å². The second kappa shape index (κ2) is 7.46. The van der Waals surface area contributed by atoms with E-state index in [1.54, 1.807) is 7.11 Å². The van der Waals surface area contributed by atoms with Gasteiger partial charge in [-0.15, -0.1) is 0 Å². The van der Waals surface area contributed by atoms with Crippen LogP contribution in [0.5, 0.6) is 5.75 Å². The first kappa shape index (κ1) is 15.8. The van der Waals surface area contributed by atoms with E-state index < -0.39 is 5.97 Å². The molecular formula is C17H25NO3. The lowest BCUT2D eigenvalue weighted by atomic mass is 9.84. The third kappa shape index (κ3) is 4.46. The van der Waals surface area contributed by atoms with Crippen molar-refractivity contribution >= 4 is 5.97 Å². The number of nitrogens with zero attached hydrogens (tertiary/aromatic N) is 1. The van der Waals surface area contributed by atoms with Gasteiger partial charge in [-0.25, -0.2) is 0 Å². The van der Waals surface area contributed by atoms with Gasteiger partial charge in [-0.2, -0.15) is 0 Å². The Kier molecular flexibility index (Phi) is 5.62. The summed E-state index contributed by atoms with van der Waals surface area (Å²) < 4.78 is 5.41. The van der Waals surface area contributed by atoms with Gasteiger partial charge in [0.1, 0.15) is 5.75 Å². The molecule has 2 unspecified atom stereocenters. The largest absolute Gasteiger partial charge is 0.496 e. The minimum atomic E-state index is -0.690. The van der Waals surface area contributed by atoms with E-state index in [1.807, 2.05) is 18.2 Å². The highest BCUT2D eigenvalue weighted by molar-refractivity contribution is 5.67. The van der Waals surface area contributed by atoms with Crippen molar-refractivity contribution in [2.75, 3.05) is 20.2 Å². The van der Waals surface area contributed by atoms with E-state index >= 15 is 0 Å². The van der Waals surface area contributed by atoms with Crippen molar-refractivity contribution in [1.29, 1.82) is 0 Å². The number of carbonyl (C=O) groups is 1. The lowest BCUT2D eigenvalue weighted by Crippen LogP contribution is -2.37. The molecule has 1 aliphatic heterocycles. The van der Waals surface area contributed by atoms with Gasteiger partial charge in [-0.1, -0.05) is 25.1 Å². The zero-order valence-electron chi connectivity index (χ0n) is 12.9. The van der Waals surface area contributed by atoms with Crippen LogP contribution in [0.3, 0.4) is 0 Å². The van der Waals surface area contributed by atoms with Crippen LogP contribution in [0.4, 0.5) is 0 Å². The van der Waals surface area contributed by atoms with Crippen LogP contribution in [0.15, 0.2) is 24.3 Å². The van der Waals surface area contributed by atoms with Gasteiger partial charge < -0.3 is 9.84 Å². The van der Waals surface area contributed by atoms with Crippen LogP contribution in [-0.2, 0) is 11.3 Å². The maximum absolute atomic E-state index is 10.9. The molecule has 1 aromatic rings. The molecule has 0 aliphatic carbocycles. The highest BCUT2D eigenvalue weighted by Crippen LogP contribution is 2.28. The van der Waals surface area contributed by atoms with E-state index in [9.17, 15) is 4.79 Å². The summed E-state index contributed by atoms with van der Waals surface area (Å²) in [5.74, 6) is 0.954. The number of ether oxygens (including phenoxy) is 1. The third-order valence-corrected chi connectivity index (χ3v) is 4.43. The molecule has 116 valence electrons. The number of piperidine rings is 1. The van der Waals surface area contributed by atoms with Crippen LogP contribution in [0.25, 0.3) is 0 Å². The molecule has 4 nitrogen and oxygen atoms in total. The Morgan fingerprint density at radius 3 is 2.95 bits per heavy atom. The Hall–Kier alpha value is -1.55. The van der Waals surface area contributed by atoms with Gasteiger partial charge in [0.05, 0.1) is 7.11 Å². The molecular weight excluding hydrogens is 266 g/mol. The first-order chi connectivity index (χ1) is 10.1. The minimum Gasteiger partial charge on any atom is -0.496 e. The second-order valence-electron chi connectivity index (χ2n) is 6.02.